The molecule has 30 nitrogen and oxygen atoms in total. The van der Waals surface area contributed by atoms with Crippen molar-refractivity contribution in [2.75, 3.05) is 39.3 Å². The van der Waals surface area contributed by atoms with Crippen LogP contribution in [-0.4, -0.2) is 198 Å². The van der Waals surface area contributed by atoms with Crippen LogP contribution in [0.4, 0.5) is 0 Å². The summed E-state index contributed by atoms with van der Waals surface area (Å²) in [6.07, 6.45) is -4.12. The summed E-state index contributed by atoms with van der Waals surface area (Å²) in [6.45, 7) is 6.31. The second-order valence-corrected chi connectivity index (χ2v) is 21.0. The number of aliphatic hydroxyl groups is 3. The SMILES string of the molecule is CC(C)CCCCC(=O)N[C@@H](CCN)C(=O)N[C@H](C(=O)N[C@@H](CCN)C(=O)N[C@H]1CCNC(=O)[C@H]([C@@H](C)O)NC(=O)[C@H](CCN)NC(=O)[C@H](CCN)NC(=O)[C@H]([C@@H](C)O)NC(=O)[C@H](Cc2ccccc2)NC(=O)[C@H](CCN)NC1=O)[C@@H](C)O. The number of carbonyl (C=O) groups excluding carboxylic acids is 11. The fraction of sp³-hybridized carbons (Fsp3) is 0.679. The van der Waals surface area contributed by atoms with Crippen molar-refractivity contribution >= 4 is 65.0 Å². The molecular formula is C53H92N16O14. The molecule has 0 saturated carbocycles. The van der Waals surface area contributed by atoms with Gasteiger partial charge in [0.15, 0.2) is 0 Å². The highest BCUT2D eigenvalue weighted by atomic mass is 16.3. The lowest BCUT2D eigenvalue weighted by molar-refractivity contribution is -0.137. The number of carbonyl (C=O) groups is 11. The van der Waals surface area contributed by atoms with Gasteiger partial charge in [-0.15, -0.1) is 0 Å². The van der Waals surface area contributed by atoms with Gasteiger partial charge in [0.25, 0.3) is 0 Å². The molecule has 0 bridgehead atoms. The lowest BCUT2D eigenvalue weighted by Crippen LogP contribution is -2.62. The van der Waals surface area contributed by atoms with E-state index in [1.807, 2.05) is 0 Å². The number of aliphatic hydroxyl groups excluding tert-OH is 3. The van der Waals surface area contributed by atoms with Crippen LogP contribution in [0.15, 0.2) is 30.3 Å². The highest BCUT2D eigenvalue weighted by Crippen LogP contribution is 2.11. The molecule has 1 saturated heterocycles. The van der Waals surface area contributed by atoms with Crippen LogP contribution in [-0.2, 0) is 59.2 Å². The van der Waals surface area contributed by atoms with Crippen molar-refractivity contribution in [1.82, 2.24) is 58.5 Å². The Morgan fingerprint density at radius 2 is 1.00 bits per heavy atom. The summed E-state index contributed by atoms with van der Waals surface area (Å²) >= 11 is 0. The second-order valence-electron chi connectivity index (χ2n) is 21.0. The molecule has 24 N–H and O–H groups in total. The average molecular weight is 1180 g/mol. The lowest BCUT2D eigenvalue weighted by atomic mass is 10.0. The number of benzene rings is 1. The second kappa shape index (κ2) is 38.0. The zero-order valence-electron chi connectivity index (χ0n) is 48.2. The average Bonchev–Trinajstić information content (AvgIpc) is 3.51. The van der Waals surface area contributed by atoms with Gasteiger partial charge in [0.2, 0.25) is 65.0 Å². The monoisotopic (exact) mass is 1180 g/mol. The molecule has 468 valence electrons. The van der Waals surface area contributed by atoms with E-state index in [1.165, 1.54) is 20.8 Å². The first-order valence-corrected chi connectivity index (χ1v) is 28.2. The Balaban J connectivity index is 2.67. The third-order valence-electron chi connectivity index (χ3n) is 13.4. The summed E-state index contributed by atoms with van der Waals surface area (Å²) in [4.78, 5) is 153. The highest BCUT2D eigenvalue weighted by molar-refractivity contribution is 5.99. The van der Waals surface area contributed by atoms with Crippen LogP contribution >= 0.6 is 0 Å². The third-order valence-corrected chi connectivity index (χ3v) is 13.4. The van der Waals surface area contributed by atoms with Gasteiger partial charge in [0.05, 0.1) is 18.3 Å². The molecule has 83 heavy (non-hydrogen) atoms. The van der Waals surface area contributed by atoms with Gasteiger partial charge in [-0.2, -0.15) is 0 Å². The van der Waals surface area contributed by atoms with Crippen molar-refractivity contribution in [3.8, 4) is 0 Å². The molecule has 0 aliphatic carbocycles. The zero-order chi connectivity index (χ0) is 62.3. The number of rotatable bonds is 27. The van der Waals surface area contributed by atoms with Crippen molar-refractivity contribution < 1.29 is 68.1 Å². The van der Waals surface area contributed by atoms with Crippen LogP contribution in [0.3, 0.4) is 0 Å². The van der Waals surface area contributed by atoms with Gasteiger partial charge in [-0.25, -0.2) is 0 Å². The molecule has 2 rings (SSSR count). The minimum atomic E-state index is -1.77. The minimum absolute atomic E-state index is 0.0266. The van der Waals surface area contributed by atoms with Gasteiger partial charge >= 0.3 is 0 Å². The molecule has 0 radical (unpaired) electrons. The minimum Gasteiger partial charge on any atom is -0.391 e. The number of nitrogens with one attached hydrogen (secondary N) is 11. The Kier molecular flexibility index (Phi) is 33.1. The molecule has 30 heteroatoms. The van der Waals surface area contributed by atoms with E-state index in [0.29, 0.717) is 17.9 Å². The predicted octanol–water partition coefficient (Wildman–Crippen LogP) is -7.30. The fourth-order valence-corrected chi connectivity index (χ4v) is 8.65. The van der Waals surface area contributed by atoms with E-state index in [9.17, 15) is 68.1 Å². The van der Waals surface area contributed by atoms with E-state index in [1.54, 1.807) is 30.3 Å². The van der Waals surface area contributed by atoms with Crippen LogP contribution < -0.4 is 87.2 Å². The first-order chi connectivity index (χ1) is 39.3. The van der Waals surface area contributed by atoms with E-state index in [-0.39, 0.29) is 77.7 Å². The number of hydrogen-bond acceptors (Lipinski definition) is 19. The maximum atomic E-state index is 14.5. The van der Waals surface area contributed by atoms with Crippen molar-refractivity contribution in [3.05, 3.63) is 35.9 Å². The summed E-state index contributed by atoms with van der Waals surface area (Å²) in [6, 6.07) is -7.36. The van der Waals surface area contributed by atoms with Gasteiger partial charge in [-0.05, 0) is 110 Å². The molecule has 1 heterocycles. The molecular weight excluding hydrogens is 1080 g/mol. The molecule has 1 aromatic rings. The Morgan fingerprint density at radius 3 is 1.49 bits per heavy atom. The van der Waals surface area contributed by atoms with E-state index in [4.69, 9.17) is 28.7 Å². The summed E-state index contributed by atoms with van der Waals surface area (Å²) in [5, 5.41) is 59.6. The Labute approximate surface area is 483 Å². The third kappa shape index (κ3) is 25.6. The van der Waals surface area contributed by atoms with Crippen molar-refractivity contribution in [1.29, 1.82) is 0 Å². The molecule has 1 aromatic carbocycles. The van der Waals surface area contributed by atoms with Crippen LogP contribution in [0, 0.1) is 5.92 Å². The standard InChI is InChI=1S/C53H92N16O14/c1-28(2)11-9-10-14-40(73)60-33(15-21-54)48(78)68-42(30(4)71)52(82)65-36(18-24-57)45(75)63-38-20-26-59-51(81)41(29(3)70)67-49(79)37(19-25-58)62-44(74)35(17-23-56)64-53(83)43(31(5)72)69-50(80)39(27-32-12-7-6-8-13-32)66-46(76)34(16-22-55)61-47(38)77/h6-8,12-13,28-31,33-39,41-43,70-72H,9-11,14-27,54-58H2,1-5H3,(H,59,81)(H,60,73)(H,61,77)(H,62,74)(H,63,75)(H,64,83)(H,65,82)(H,66,76)(H,67,79)(H,68,78)(H,69,80)/t29-,30-,31-,33+,34+,35+,36+,37+,38+,39+,41+,42+,43+/m1/s1. The molecule has 0 spiro atoms. The van der Waals surface area contributed by atoms with Gasteiger partial charge in [-0.1, -0.05) is 57.0 Å². The van der Waals surface area contributed by atoms with Gasteiger partial charge < -0.3 is 102 Å². The van der Waals surface area contributed by atoms with Gasteiger partial charge in [0, 0.05) is 19.4 Å². The summed E-state index contributed by atoms with van der Waals surface area (Å²) in [5.74, 6) is -10.1. The zero-order valence-corrected chi connectivity index (χ0v) is 48.2. The fourth-order valence-electron chi connectivity index (χ4n) is 8.65. The maximum absolute atomic E-state index is 14.5. The van der Waals surface area contributed by atoms with Crippen molar-refractivity contribution in [2.24, 2.45) is 34.6 Å². The first kappa shape index (κ1) is 72.2. The van der Waals surface area contributed by atoms with Crippen LogP contribution in [0.5, 0.6) is 0 Å². The predicted molar refractivity (Wildman–Crippen MR) is 304 cm³/mol. The number of nitrogens with two attached hydrogens (primary N) is 5. The van der Waals surface area contributed by atoms with Crippen LogP contribution in [0.25, 0.3) is 0 Å². The van der Waals surface area contributed by atoms with E-state index < -0.39 is 157 Å². The maximum Gasteiger partial charge on any atom is 0.245 e. The summed E-state index contributed by atoms with van der Waals surface area (Å²) in [5.41, 5.74) is 29.7. The molecule has 0 unspecified atom stereocenters. The van der Waals surface area contributed by atoms with E-state index >= 15 is 0 Å². The Morgan fingerprint density at radius 1 is 0.530 bits per heavy atom. The molecule has 1 fully saturated rings. The van der Waals surface area contributed by atoms with Crippen LogP contribution in [0.2, 0.25) is 0 Å². The Hall–Kier alpha value is -6.93. The normalized spacial score (nSPS) is 23.2. The van der Waals surface area contributed by atoms with Gasteiger partial charge in [0.1, 0.15) is 60.4 Å². The van der Waals surface area contributed by atoms with Crippen LogP contribution in [0.1, 0.15) is 104 Å². The lowest BCUT2D eigenvalue weighted by Gasteiger charge is -2.29. The molecule has 11 amide bonds. The number of unbranched alkanes of at least 4 members (excludes halogenated alkanes) is 1. The number of amides is 11. The van der Waals surface area contributed by atoms with Gasteiger partial charge in [-0.3, -0.25) is 52.7 Å². The molecule has 1 aliphatic heterocycles. The first-order valence-electron chi connectivity index (χ1n) is 28.2. The Bertz CT molecular complexity index is 2280. The van der Waals surface area contributed by atoms with Crippen molar-refractivity contribution in [2.45, 2.75) is 184 Å². The largest absolute Gasteiger partial charge is 0.391 e. The van der Waals surface area contributed by atoms with E-state index in [2.05, 4.69) is 72.3 Å². The summed E-state index contributed by atoms with van der Waals surface area (Å²) in [7, 11) is 0. The quantitative estimate of drug-likeness (QED) is 0.0364. The number of hydrogen-bond donors (Lipinski definition) is 19. The molecule has 0 aromatic heterocycles. The van der Waals surface area contributed by atoms with Crippen molar-refractivity contribution in [3.63, 3.8) is 0 Å². The smallest absolute Gasteiger partial charge is 0.245 e. The summed E-state index contributed by atoms with van der Waals surface area (Å²) < 4.78 is 0. The molecule has 13 atom stereocenters. The van der Waals surface area contributed by atoms with E-state index in [0.717, 1.165) is 12.8 Å². The highest BCUT2D eigenvalue weighted by Gasteiger charge is 2.38. The topological polar surface area (TPSA) is 511 Å². The molecule has 1 aliphatic rings.